The highest BCUT2D eigenvalue weighted by Gasteiger charge is 2.31. The number of hydrogen-bond acceptors (Lipinski definition) is 6. The Morgan fingerprint density at radius 3 is 2.83 bits per heavy atom. The number of rotatable bonds is 4. The van der Waals surface area contributed by atoms with E-state index >= 15 is 0 Å². The Kier molecular flexibility index (Phi) is 4.69. The Morgan fingerprint density at radius 2 is 2.04 bits per heavy atom. The molecule has 7 nitrogen and oxygen atoms in total. The number of carbonyl (C=O) groups excluding carboxylic acids is 1. The molecule has 0 spiro atoms. The van der Waals surface area contributed by atoms with E-state index in [1.807, 2.05) is 4.90 Å². The molecule has 0 N–H and O–H groups in total. The zero-order chi connectivity index (χ0) is 16.4. The molecule has 1 amide bonds. The Balaban J connectivity index is 1.28. The summed E-state index contributed by atoms with van der Waals surface area (Å²) < 4.78 is 16.3. The SMILES string of the molecule is O=C(OC1CCOCC1)N1CCCC(Cc2nc(C3CC3)no2)C1. The molecule has 3 fully saturated rings. The first-order chi connectivity index (χ1) is 11.8. The normalized spacial score (nSPS) is 25.7. The number of nitrogens with zero attached hydrogens (tertiary/aromatic N) is 3. The molecule has 1 saturated carbocycles. The molecule has 24 heavy (non-hydrogen) atoms. The minimum atomic E-state index is -0.184. The fourth-order valence-corrected chi connectivity index (χ4v) is 3.51. The first-order valence-corrected chi connectivity index (χ1v) is 9.13. The minimum Gasteiger partial charge on any atom is -0.446 e. The van der Waals surface area contributed by atoms with Crippen LogP contribution in [0.2, 0.25) is 0 Å². The molecule has 1 atom stereocenters. The van der Waals surface area contributed by atoms with Crippen LogP contribution >= 0.6 is 0 Å². The molecule has 0 radical (unpaired) electrons. The van der Waals surface area contributed by atoms with E-state index in [9.17, 15) is 4.79 Å². The number of amides is 1. The fraction of sp³-hybridized carbons (Fsp3) is 0.824. The molecule has 3 aliphatic rings. The van der Waals surface area contributed by atoms with Crippen molar-refractivity contribution in [2.24, 2.45) is 5.92 Å². The zero-order valence-electron chi connectivity index (χ0n) is 14.0. The molecular formula is C17H25N3O4. The highest BCUT2D eigenvalue weighted by Crippen LogP contribution is 2.38. The molecule has 4 rings (SSSR count). The summed E-state index contributed by atoms with van der Waals surface area (Å²) in [6, 6.07) is 0. The average molecular weight is 335 g/mol. The van der Waals surface area contributed by atoms with Crippen molar-refractivity contribution >= 4 is 6.09 Å². The summed E-state index contributed by atoms with van der Waals surface area (Å²) >= 11 is 0. The van der Waals surface area contributed by atoms with Gasteiger partial charge in [-0.2, -0.15) is 4.98 Å². The third-order valence-corrected chi connectivity index (χ3v) is 5.10. The van der Waals surface area contributed by atoms with Crippen molar-refractivity contribution in [3.8, 4) is 0 Å². The highest BCUT2D eigenvalue weighted by molar-refractivity contribution is 5.68. The van der Waals surface area contributed by atoms with Crippen LogP contribution in [0.25, 0.3) is 0 Å². The van der Waals surface area contributed by atoms with Crippen molar-refractivity contribution in [2.75, 3.05) is 26.3 Å². The second-order valence-electron chi connectivity index (χ2n) is 7.17. The summed E-state index contributed by atoms with van der Waals surface area (Å²) in [6.07, 6.45) is 6.60. The van der Waals surface area contributed by atoms with Crippen molar-refractivity contribution in [3.05, 3.63) is 11.7 Å². The van der Waals surface area contributed by atoms with Gasteiger partial charge in [-0.25, -0.2) is 4.79 Å². The van der Waals surface area contributed by atoms with Crippen LogP contribution in [-0.4, -0.2) is 53.5 Å². The Labute approximate surface area is 141 Å². The molecule has 7 heteroatoms. The van der Waals surface area contributed by atoms with E-state index < -0.39 is 0 Å². The van der Waals surface area contributed by atoms with E-state index in [-0.39, 0.29) is 12.2 Å². The summed E-state index contributed by atoms with van der Waals surface area (Å²) in [5, 5.41) is 4.07. The first-order valence-electron chi connectivity index (χ1n) is 9.13. The van der Waals surface area contributed by atoms with Crippen LogP contribution in [0.4, 0.5) is 4.79 Å². The molecular weight excluding hydrogens is 310 g/mol. The Hall–Kier alpha value is -1.63. The average Bonchev–Trinajstić information content (AvgIpc) is 3.36. The van der Waals surface area contributed by atoms with Crippen LogP contribution in [0.1, 0.15) is 56.2 Å². The molecule has 1 aromatic rings. The molecule has 1 aliphatic carbocycles. The van der Waals surface area contributed by atoms with Crippen LogP contribution in [0.5, 0.6) is 0 Å². The van der Waals surface area contributed by atoms with Crippen LogP contribution in [0.3, 0.4) is 0 Å². The van der Waals surface area contributed by atoms with Gasteiger partial charge in [-0.05, 0) is 31.6 Å². The van der Waals surface area contributed by atoms with Crippen molar-refractivity contribution in [3.63, 3.8) is 0 Å². The Bertz CT molecular complexity index is 566. The predicted molar refractivity (Wildman–Crippen MR) is 84.6 cm³/mol. The quantitative estimate of drug-likeness (QED) is 0.841. The van der Waals surface area contributed by atoms with Gasteiger partial charge in [0.2, 0.25) is 5.89 Å². The molecule has 0 aromatic carbocycles. The second-order valence-corrected chi connectivity index (χ2v) is 7.17. The van der Waals surface area contributed by atoms with Gasteiger partial charge >= 0.3 is 6.09 Å². The maximum Gasteiger partial charge on any atom is 0.410 e. The van der Waals surface area contributed by atoms with Gasteiger partial charge in [-0.15, -0.1) is 0 Å². The first kappa shape index (κ1) is 15.9. The maximum absolute atomic E-state index is 12.4. The Morgan fingerprint density at radius 1 is 1.21 bits per heavy atom. The van der Waals surface area contributed by atoms with Crippen LogP contribution in [0, 0.1) is 5.92 Å². The highest BCUT2D eigenvalue weighted by atomic mass is 16.6. The summed E-state index contributed by atoms with van der Waals surface area (Å²) in [6.45, 7) is 2.85. The third kappa shape index (κ3) is 3.88. The lowest BCUT2D eigenvalue weighted by Gasteiger charge is -2.33. The van der Waals surface area contributed by atoms with Gasteiger partial charge in [0.05, 0.1) is 13.2 Å². The maximum atomic E-state index is 12.4. The van der Waals surface area contributed by atoms with E-state index in [0.717, 1.165) is 44.5 Å². The van der Waals surface area contributed by atoms with Gasteiger partial charge in [-0.1, -0.05) is 5.16 Å². The van der Waals surface area contributed by atoms with Crippen LogP contribution in [-0.2, 0) is 15.9 Å². The van der Waals surface area contributed by atoms with Gasteiger partial charge in [0, 0.05) is 38.3 Å². The zero-order valence-corrected chi connectivity index (χ0v) is 14.0. The lowest BCUT2D eigenvalue weighted by atomic mass is 9.95. The third-order valence-electron chi connectivity index (χ3n) is 5.10. The molecule has 3 heterocycles. The standard InChI is InChI=1S/C17H25N3O4/c21-17(23-14-5-8-22-9-6-14)20-7-1-2-12(11-20)10-15-18-16(19-24-15)13-3-4-13/h12-14H,1-11H2. The van der Waals surface area contributed by atoms with E-state index in [1.54, 1.807) is 0 Å². The number of likely N-dealkylation sites (tertiary alicyclic amines) is 1. The van der Waals surface area contributed by atoms with Gasteiger partial charge in [-0.3, -0.25) is 0 Å². The minimum absolute atomic E-state index is 0.00340. The fourth-order valence-electron chi connectivity index (χ4n) is 3.51. The smallest absolute Gasteiger partial charge is 0.410 e. The topological polar surface area (TPSA) is 77.7 Å². The van der Waals surface area contributed by atoms with Crippen molar-refractivity contribution < 1.29 is 18.8 Å². The molecule has 1 unspecified atom stereocenters. The van der Waals surface area contributed by atoms with Crippen molar-refractivity contribution in [2.45, 2.75) is 57.0 Å². The van der Waals surface area contributed by atoms with E-state index in [2.05, 4.69) is 10.1 Å². The van der Waals surface area contributed by atoms with Gasteiger partial charge in [0.25, 0.3) is 0 Å². The van der Waals surface area contributed by atoms with Crippen LogP contribution in [0.15, 0.2) is 4.52 Å². The largest absolute Gasteiger partial charge is 0.446 e. The number of piperidine rings is 1. The van der Waals surface area contributed by atoms with Gasteiger partial charge in [0.15, 0.2) is 5.82 Å². The second kappa shape index (κ2) is 7.09. The molecule has 0 bridgehead atoms. The monoisotopic (exact) mass is 335 g/mol. The molecule has 1 aromatic heterocycles. The summed E-state index contributed by atoms with van der Waals surface area (Å²) in [7, 11) is 0. The predicted octanol–water partition coefficient (Wildman–Crippen LogP) is 2.52. The summed E-state index contributed by atoms with van der Waals surface area (Å²) in [5.74, 6) is 2.45. The molecule has 2 saturated heterocycles. The molecule has 2 aliphatic heterocycles. The number of hydrogen-bond donors (Lipinski definition) is 0. The lowest BCUT2D eigenvalue weighted by molar-refractivity contribution is -0.0139. The van der Waals surface area contributed by atoms with Crippen molar-refractivity contribution in [1.82, 2.24) is 15.0 Å². The van der Waals surface area contributed by atoms with E-state index in [1.165, 1.54) is 12.8 Å². The molecule has 132 valence electrons. The van der Waals surface area contributed by atoms with Crippen molar-refractivity contribution in [1.29, 1.82) is 0 Å². The summed E-state index contributed by atoms with van der Waals surface area (Å²) in [5.41, 5.74) is 0. The summed E-state index contributed by atoms with van der Waals surface area (Å²) in [4.78, 5) is 18.7. The number of carbonyl (C=O) groups is 1. The van der Waals surface area contributed by atoms with Gasteiger partial charge < -0.3 is 18.9 Å². The van der Waals surface area contributed by atoms with E-state index in [0.29, 0.717) is 37.5 Å². The lowest BCUT2D eigenvalue weighted by Crippen LogP contribution is -2.42. The van der Waals surface area contributed by atoms with Gasteiger partial charge in [0.1, 0.15) is 6.10 Å². The van der Waals surface area contributed by atoms with E-state index in [4.69, 9.17) is 14.0 Å². The number of aromatic nitrogens is 2. The van der Waals surface area contributed by atoms with Crippen LogP contribution < -0.4 is 0 Å². The number of ether oxygens (including phenoxy) is 2.